The zero-order valence-corrected chi connectivity index (χ0v) is 10.4. The molecular formula is C11H18N6. The minimum absolute atomic E-state index is 0.794. The Bertz CT molecular complexity index is 456. The lowest BCUT2D eigenvalue weighted by Crippen LogP contribution is -2.17. The highest BCUT2D eigenvalue weighted by Crippen LogP contribution is 2.10. The van der Waals surface area contributed by atoms with Crippen molar-refractivity contribution in [3.8, 4) is 0 Å². The number of hydrogen-bond donors (Lipinski definition) is 2. The van der Waals surface area contributed by atoms with Crippen molar-refractivity contribution in [3.63, 3.8) is 0 Å². The summed E-state index contributed by atoms with van der Waals surface area (Å²) < 4.78 is 2.09. The molecule has 0 amide bonds. The predicted octanol–water partition coefficient (Wildman–Crippen LogP) is 0.499. The smallest absolute Gasteiger partial charge is 0.204 e. The van der Waals surface area contributed by atoms with Gasteiger partial charge in [-0.2, -0.15) is 5.10 Å². The van der Waals surface area contributed by atoms with Crippen LogP contribution in [0.3, 0.4) is 0 Å². The Labute approximate surface area is 101 Å². The number of aromatic amines is 1. The average molecular weight is 234 g/mol. The van der Waals surface area contributed by atoms with Crippen molar-refractivity contribution in [1.29, 1.82) is 0 Å². The first-order valence-corrected chi connectivity index (χ1v) is 5.54. The molecule has 2 N–H and O–H groups in total. The van der Waals surface area contributed by atoms with E-state index in [1.54, 1.807) is 0 Å². The lowest BCUT2D eigenvalue weighted by atomic mass is 10.3. The van der Waals surface area contributed by atoms with Crippen LogP contribution in [-0.2, 0) is 20.1 Å². The Morgan fingerprint density at radius 1 is 1.35 bits per heavy atom. The summed E-state index contributed by atoms with van der Waals surface area (Å²) in [6, 6.07) is 0. The standard InChI is InChI=1S/C11H18N6/c1-16(2)11-13-8-10(17(11)3)7-12-4-9-5-14-15-6-9/h5-6,8,12H,4,7H2,1-3H3,(H,14,15). The van der Waals surface area contributed by atoms with Gasteiger partial charge >= 0.3 is 0 Å². The quantitative estimate of drug-likeness (QED) is 0.791. The summed E-state index contributed by atoms with van der Waals surface area (Å²) >= 11 is 0. The van der Waals surface area contributed by atoms with Crippen LogP contribution < -0.4 is 10.2 Å². The van der Waals surface area contributed by atoms with Crippen LogP contribution in [0.25, 0.3) is 0 Å². The molecule has 2 heterocycles. The second-order valence-corrected chi connectivity index (χ2v) is 4.21. The minimum atomic E-state index is 0.794. The number of anilines is 1. The van der Waals surface area contributed by atoms with E-state index in [1.165, 1.54) is 0 Å². The van der Waals surface area contributed by atoms with Crippen LogP contribution in [0.4, 0.5) is 5.95 Å². The molecular weight excluding hydrogens is 216 g/mol. The molecule has 92 valence electrons. The molecule has 6 heteroatoms. The maximum absolute atomic E-state index is 4.36. The maximum Gasteiger partial charge on any atom is 0.204 e. The Morgan fingerprint density at radius 3 is 2.76 bits per heavy atom. The minimum Gasteiger partial charge on any atom is -0.348 e. The molecule has 2 aromatic rings. The number of nitrogens with one attached hydrogen (secondary N) is 2. The van der Waals surface area contributed by atoms with E-state index < -0.39 is 0 Å². The third-order valence-corrected chi connectivity index (χ3v) is 2.65. The zero-order valence-electron chi connectivity index (χ0n) is 10.4. The Morgan fingerprint density at radius 2 is 2.18 bits per heavy atom. The molecule has 0 aliphatic rings. The maximum atomic E-state index is 4.36. The predicted molar refractivity (Wildman–Crippen MR) is 66.7 cm³/mol. The topological polar surface area (TPSA) is 61.8 Å². The summed E-state index contributed by atoms with van der Waals surface area (Å²) in [5.41, 5.74) is 2.32. The van der Waals surface area contributed by atoms with Gasteiger partial charge in [0, 0.05) is 46.0 Å². The molecule has 0 radical (unpaired) electrons. The lowest BCUT2D eigenvalue weighted by Gasteiger charge is -2.12. The summed E-state index contributed by atoms with van der Waals surface area (Å²) in [4.78, 5) is 6.36. The van der Waals surface area contributed by atoms with Gasteiger partial charge in [-0.1, -0.05) is 0 Å². The SMILES string of the molecule is CN(C)c1ncc(CNCc2cn[nH]c2)n1C. The van der Waals surface area contributed by atoms with Crippen molar-refractivity contribution in [2.24, 2.45) is 7.05 Å². The van der Waals surface area contributed by atoms with E-state index in [0.717, 1.165) is 30.3 Å². The molecule has 2 aromatic heterocycles. The van der Waals surface area contributed by atoms with Gasteiger partial charge in [0.25, 0.3) is 0 Å². The molecule has 0 saturated heterocycles. The molecule has 0 aliphatic heterocycles. The van der Waals surface area contributed by atoms with Gasteiger partial charge in [0.2, 0.25) is 5.95 Å². The van der Waals surface area contributed by atoms with Crippen molar-refractivity contribution < 1.29 is 0 Å². The average Bonchev–Trinajstić information content (AvgIpc) is 2.89. The highest BCUT2D eigenvalue weighted by Gasteiger charge is 2.07. The van der Waals surface area contributed by atoms with E-state index in [0.29, 0.717) is 0 Å². The van der Waals surface area contributed by atoms with E-state index >= 15 is 0 Å². The largest absolute Gasteiger partial charge is 0.348 e. The first kappa shape index (κ1) is 11.7. The summed E-state index contributed by atoms with van der Waals surface area (Å²) in [5.74, 6) is 0.963. The molecule has 0 bridgehead atoms. The summed E-state index contributed by atoms with van der Waals surface area (Å²) in [5, 5.41) is 10.1. The van der Waals surface area contributed by atoms with Crippen LogP contribution in [0, 0.1) is 0 Å². The summed E-state index contributed by atoms with van der Waals surface area (Å²) in [6.45, 7) is 1.60. The van der Waals surface area contributed by atoms with Crippen molar-refractivity contribution in [3.05, 3.63) is 29.8 Å². The monoisotopic (exact) mass is 234 g/mol. The normalized spacial score (nSPS) is 10.8. The number of nitrogens with zero attached hydrogens (tertiary/aromatic N) is 4. The third-order valence-electron chi connectivity index (χ3n) is 2.65. The van der Waals surface area contributed by atoms with Crippen LogP contribution >= 0.6 is 0 Å². The summed E-state index contributed by atoms with van der Waals surface area (Å²) in [6.07, 6.45) is 5.61. The van der Waals surface area contributed by atoms with Crippen LogP contribution in [0.5, 0.6) is 0 Å². The van der Waals surface area contributed by atoms with Crippen LogP contribution in [0.1, 0.15) is 11.3 Å². The van der Waals surface area contributed by atoms with Crippen LogP contribution in [0.15, 0.2) is 18.6 Å². The number of H-pyrrole nitrogens is 1. The molecule has 0 aliphatic carbocycles. The highest BCUT2D eigenvalue weighted by atomic mass is 15.3. The Kier molecular flexibility index (Phi) is 3.43. The fourth-order valence-electron chi connectivity index (χ4n) is 1.72. The molecule has 0 fully saturated rings. The van der Waals surface area contributed by atoms with Gasteiger partial charge in [0.15, 0.2) is 0 Å². The molecule has 0 aromatic carbocycles. The zero-order chi connectivity index (χ0) is 12.3. The van der Waals surface area contributed by atoms with E-state index in [-0.39, 0.29) is 0 Å². The summed E-state index contributed by atoms with van der Waals surface area (Å²) in [7, 11) is 6.01. The van der Waals surface area contributed by atoms with Gasteiger partial charge in [-0.3, -0.25) is 5.10 Å². The van der Waals surface area contributed by atoms with Gasteiger partial charge in [-0.15, -0.1) is 0 Å². The van der Waals surface area contributed by atoms with Gasteiger partial charge in [-0.25, -0.2) is 4.98 Å². The number of hydrogen-bond acceptors (Lipinski definition) is 4. The Balaban J connectivity index is 1.91. The second kappa shape index (κ2) is 5.01. The Hall–Kier alpha value is -1.82. The number of aromatic nitrogens is 4. The highest BCUT2D eigenvalue weighted by molar-refractivity contribution is 5.30. The molecule has 0 atom stereocenters. The van der Waals surface area contributed by atoms with E-state index in [1.807, 2.05) is 44.6 Å². The van der Waals surface area contributed by atoms with Gasteiger partial charge in [0.05, 0.1) is 18.1 Å². The fraction of sp³-hybridized carbons (Fsp3) is 0.455. The van der Waals surface area contributed by atoms with Gasteiger partial charge < -0.3 is 14.8 Å². The fourth-order valence-corrected chi connectivity index (χ4v) is 1.72. The molecule has 6 nitrogen and oxygen atoms in total. The molecule has 0 unspecified atom stereocenters. The number of rotatable bonds is 5. The van der Waals surface area contributed by atoms with Gasteiger partial charge in [-0.05, 0) is 0 Å². The van der Waals surface area contributed by atoms with Crippen LogP contribution in [0.2, 0.25) is 0 Å². The van der Waals surface area contributed by atoms with E-state index in [2.05, 4.69) is 25.1 Å². The van der Waals surface area contributed by atoms with Crippen LogP contribution in [-0.4, -0.2) is 33.8 Å². The molecule has 0 spiro atoms. The molecule has 17 heavy (non-hydrogen) atoms. The lowest BCUT2D eigenvalue weighted by molar-refractivity contribution is 0.654. The van der Waals surface area contributed by atoms with Gasteiger partial charge in [0.1, 0.15) is 0 Å². The van der Waals surface area contributed by atoms with Crippen molar-refractivity contribution in [2.45, 2.75) is 13.1 Å². The first-order chi connectivity index (χ1) is 8.18. The van der Waals surface area contributed by atoms with E-state index in [4.69, 9.17) is 0 Å². The third kappa shape index (κ3) is 2.65. The molecule has 2 rings (SSSR count). The van der Waals surface area contributed by atoms with E-state index in [9.17, 15) is 0 Å². The first-order valence-electron chi connectivity index (χ1n) is 5.54. The molecule has 0 saturated carbocycles. The number of imidazole rings is 1. The van der Waals surface area contributed by atoms with Crippen molar-refractivity contribution >= 4 is 5.95 Å². The van der Waals surface area contributed by atoms with Crippen molar-refractivity contribution in [2.75, 3.05) is 19.0 Å². The van der Waals surface area contributed by atoms with Crippen molar-refractivity contribution in [1.82, 2.24) is 25.1 Å². The second-order valence-electron chi connectivity index (χ2n) is 4.21.